The number of quaternary nitrogens is 1. The van der Waals surface area contributed by atoms with Crippen LogP contribution in [0.3, 0.4) is 0 Å². The fourth-order valence-corrected chi connectivity index (χ4v) is 6.90. The van der Waals surface area contributed by atoms with Gasteiger partial charge in [-0.1, -0.05) is 56.0 Å². The van der Waals surface area contributed by atoms with Crippen LogP contribution < -0.4 is 14.9 Å². The zero-order valence-corrected chi connectivity index (χ0v) is 22.5. The third kappa shape index (κ3) is 2.98. The zero-order valence-electron chi connectivity index (χ0n) is 22.5. The first-order chi connectivity index (χ1) is 17.9. The van der Waals surface area contributed by atoms with Crippen LogP contribution in [0.4, 0.5) is 11.4 Å². The second-order valence-electron chi connectivity index (χ2n) is 11.9. The Balaban J connectivity index is 1.32. The first-order valence-electron chi connectivity index (χ1n) is 13.0. The molecule has 2 aliphatic heterocycles. The smallest absolute Gasteiger partial charge is 0.188 e. The number of benzene rings is 2. The fourth-order valence-electron chi connectivity index (χ4n) is 6.90. The van der Waals surface area contributed by atoms with Gasteiger partial charge in [-0.15, -0.1) is 0 Å². The van der Waals surface area contributed by atoms with Gasteiger partial charge < -0.3 is 15.1 Å². The Morgan fingerprint density at radius 1 is 1.00 bits per heavy atom. The van der Waals surface area contributed by atoms with Crippen LogP contribution >= 0.6 is 0 Å². The number of aliphatic hydroxyl groups is 1. The molecular weight excluding hydrogens is 476 g/mol. The number of carbonyl (C=O) groups is 2. The molecule has 6 heteroatoms. The third-order valence-electron chi connectivity index (χ3n) is 9.19. The summed E-state index contributed by atoms with van der Waals surface area (Å²) in [4.78, 5) is 29.5. The molecule has 3 unspecified atom stereocenters. The molecule has 0 bridgehead atoms. The molecule has 2 aliphatic carbocycles. The normalized spacial score (nSPS) is 29.1. The highest BCUT2D eigenvalue weighted by atomic mass is 16.3. The van der Waals surface area contributed by atoms with Crippen molar-refractivity contribution in [2.45, 2.75) is 44.6 Å². The second kappa shape index (κ2) is 7.81. The number of Topliss-reactive ketones (excluding diaryl/α,β-unsaturated/α-hetero) is 2. The van der Waals surface area contributed by atoms with Gasteiger partial charge in [0.05, 0.1) is 18.0 Å². The summed E-state index contributed by atoms with van der Waals surface area (Å²) in [5, 5.41) is 24.1. The summed E-state index contributed by atoms with van der Waals surface area (Å²) in [6.07, 6.45) is 3.47. The molecular formula is C32H32N2O4. The quantitative estimate of drug-likeness (QED) is 0.623. The summed E-state index contributed by atoms with van der Waals surface area (Å²) in [6.45, 7) is 8.38. The van der Waals surface area contributed by atoms with Gasteiger partial charge in [-0.05, 0) is 43.7 Å². The van der Waals surface area contributed by atoms with Crippen LogP contribution in [0.5, 0.6) is 0 Å². The third-order valence-corrected chi connectivity index (χ3v) is 9.19. The molecule has 6 nitrogen and oxygen atoms in total. The van der Waals surface area contributed by atoms with E-state index in [1.807, 2.05) is 49.3 Å². The molecule has 0 fully saturated rings. The van der Waals surface area contributed by atoms with Gasteiger partial charge >= 0.3 is 0 Å². The molecule has 38 heavy (non-hydrogen) atoms. The van der Waals surface area contributed by atoms with Crippen molar-refractivity contribution in [2.75, 3.05) is 19.0 Å². The lowest BCUT2D eigenvalue weighted by Crippen LogP contribution is -3.07. The van der Waals surface area contributed by atoms with Crippen molar-refractivity contribution in [3.63, 3.8) is 0 Å². The predicted octanol–water partition coefficient (Wildman–Crippen LogP) is 2.94. The summed E-state index contributed by atoms with van der Waals surface area (Å²) >= 11 is 0. The molecule has 0 saturated heterocycles. The van der Waals surface area contributed by atoms with Crippen molar-refractivity contribution < 1.29 is 24.7 Å². The van der Waals surface area contributed by atoms with Crippen LogP contribution in [0.1, 0.15) is 38.8 Å². The minimum absolute atomic E-state index is 0.104. The number of allylic oxidation sites excluding steroid dienone is 5. The molecule has 3 atom stereocenters. The summed E-state index contributed by atoms with van der Waals surface area (Å²) in [5.41, 5.74) is 4.93. The zero-order chi connectivity index (χ0) is 27.3. The summed E-state index contributed by atoms with van der Waals surface area (Å²) in [7, 11) is 3.97. The van der Waals surface area contributed by atoms with Gasteiger partial charge in [0.25, 0.3) is 0 Å². The van der Waals surface area contributed by atoms with Crippen LogP contribution in [0, 0.1) is 5.92 Å². The van der Waals surface area contributed by atoms with Gasteiger partial charge in [-0.25, -0.2) is 0 Å². The van der Waals surface area contributed by atoms with Gasteiger partial charge in [0.1, 0.15) is 23.4 Å². The lowest BCUT2D eigenvalue weighted by Gasteiger charge is -2.39. The maximum absolute atomic E-state index is 13.2. The summed E-state index contributed by atoms with van der Waals surface area (Å²) in [5.74, 6) is -2.62. The topological polar surface area (TPSA) is 85.1 Å². The number of hydrogen-bond donors (Lipinski definition) is 2. The van der Waals surface area contributed by atoms with Crippen molar-refractivity contribution in [3.05, 3.63) is 106 Å². The minimum atomic E-state index is -1.17. The largest absolute Gasteiger partial charge is 0.872 e. The summed E-state index contributed by atoms with van der Waals surface area (Å²) in [6, 6.07) is 16.1. The fraction of sp³-hybridized carbons (Fsp3) is 0.312. The standard InChI is InChI=1S/C32H32N2O4/c1-31(2)19-11-7-9-13-21(19)33(5)23(31)15-17-27(35)25(28(17)36)26-29(37)18(30(26)38)16-24-32(3,4)20-12-8-10-14-22(20)34(24)6/h7-16,23,26,35,37H,1-6H3. The second-order valence-corrected chi connectivity index (χ2v) is 11.9. The van der Waals surface area contributed by atoms with E-state index in [9.17, 15) is 19.8 Å². The minimum Gasteiger partial charge on any atom is -0.872 e. The highest BCUT2D eigenvalue weighted by Crippen LogP contribution is 2.49. The number of anilines is 1. The molecule has 6 rings (SSSR count). The number of likely N-dealkylation sites (N-methyl/N-ethyl adjacent to an activating group) is 2. The number of hydrogen-bond acceptors (Lipinski definition) is 5. The van der Waals surface area contributed by atoms with Crippen LogP contribution in [0.25, 0.3) is 0 Å². The summed E-state index contributed by atoms with van der Waals surface area (Å²) < 4.78 is 0. The molecule has 2 heterocycles. The Labute approximate surface area is 222 Å². The van der Waals surface area contributed by atoms with Crippen molar-refractivity contribution in [1.82, 2.24) is 0 Å². The number of fused-ring (bicyclic) bond motifs is 2. The number of carbonyl (C=O) groups excluding carboxylic acids is 2. The monoisotopic (exact) mass is 508 g/mol. The van der Waals surface area contributed by atoms with Crippen molar-refractivity contribution in [3.8, 4) is 0 Å². The van der Waals surface area contributed by atoms with E-state index < -0.39 is 17.5 Å². The number of nitrogens with zero attached hydrogens (tertiary/aromatic N) is 1. The Bertz CT molecular complexity index is 1570. The van der Waals surface area contributed by atoms with Crippen molar-refractivity contribution >= 4 is 22.9 Å². The van der Waals surface area contributed by atoms with Crippen molar-refractivity contribution in [1.29, 1.82) is 0 Å². The predicted molar refractivity (Wildman–Crippen MR) is 144 cm³/mol. The molecule has 0 saturated carbocycles. The lowest BCUT2D eigenvalue weighted by atomic mass is 9.68. The number of nitrogens with one attached hydrogen (secondary N) is 1. The molecule has 0 radical (unpaired) electrons. The Hall–Kier alpha value is -3.90. The lowest BCUT2D eigenvalue weighted by molar-refractivity contribution is -0.828. The molecule has 0 aromatic heterocycles. The van der Waals surface area contributed by atoms with Gasteiger partial charge in [-0.2, -0.15) is 0 Å². The van der Waals surface area contributed by atoms with Crippen LogP contribution in [-0.2, 0) is 20.4 Å². The Morgan fingerprint density at radius 2 is 1.63 bits per heavy atom. The molecule has 0 amide bonds. The SMILES string of the molecule is CN1C(=CC2=C(O)C(C3=C([O-])C(=CC4[NH+](C)c5ccccc5C4(C)C)C3=O)C2=O)C(C)(C)c2ccccc21. The van der Waals surface area contributed by atoms with E-state index in [-0.39, 0.29) is 45.1 Å². The molecule has 2 aromatic rings. The van der Waals surface area contributed by atoms with E-state index in [1.54, 1.807) is 12.2 Å². The average molecular weight is 509 g/mol. The van der Waals surface area contributed by atoms with Crippen LogP contribution in [-0.4, -0.2) is 36.8 Å². The van der Waals surface area contributed by atoms with E-state index in [0.29, 0.717) is 0 Å². The van der Waals surface area contributed by atoms with Crippen LogP contribution in [0.2, 0.25) is 0 Å². The maximum Gasteiger partial charge on any atom is 0.188 e. The van der Waals surface area contributed by atoms with E-state index in [0.717, 1.165) is 27.5 Å². The number of para-hydroxylation sites is 2. The highest BCUT2D eigenvalue weighted by Gasteiger charge is 2.51. The average Bonchev–Trinajstić information content (AvgIpc) is 3.21. The van der Waals surface area contributed by atoms with Gasteiger partial charge in [0.15, 0.2) is 11.6 Å². The molecule has 2 N–H and O–H groups in total. The van der Waals surface area contributed by atoms with Gasteiger partial charge in [-0.3, -0.25) is 14.5 Å². The highest BCUT2D eigenvalue weighted by molar-refractivity contribution is 6.25. The van der Waals surface area contributed by atoms with Gasteiger partial charge in [0.2, 0.25) is 0 Å². The Morgan fingerprint density at radius 3 is 2.24 bits per heavy atom. The van der Waals surface area contributed by atoms with Crippen molar-refractivity contribution in [2.24, 2.45) is 5.92 Å². The maximum atomic E-state index is 13.2. The molecule has 4 aliphatic rings. The molecule has 2 aromatic carbocycles. The Kier molecular flexibility index (Phi) is 5.02. The first kappa shape index (κ1) is 24.4. The van der Waals surface area contributed by atoms with E-state index in [2.05, 4.69) is 45.9 Å². The van der Waals surface area contributed by atoms with E-state index >= 15 is 0 Å². The number of rotatable bonds is 3. The van der Waals surface area contributed by atoms with E-state index in [1.165, 1.54) is 5.56 Å². The number of aliphatic hydroxyl groups excluding tert-OH is 1. The number of ketones is 2. The molecule has 194 valence electrons. The van der Waals surface area contributed by atoms with Crippen LogP contribution in [0.15, 0.2) is 94.6 Å². The first-order valence-corrected chi connectivity index (χ1v) is 13.0. The molecule has 0 spiro atoms. The van der Waals surface area contributed by atoms with E-state index in [4.69, 9.17) is 0 Å². The van der Waals surface area contributed by atoms with Gasteiger partial charge in [0, 0.05) is 40.6 Å².